The van der Waals surface area contributed by atoms with Gasteiger partial charge in [0.25, 0.3) is 0 Å². The predicted molar refractivity (Wildman–Crippen MR) is 102 cm³/mol. The fourth-order valence-corrected chi connectivity index (χ4v) is 3.81. The highest BCUT2D eigenvalue weighted by molar-refractivity contribution is 7.71. The van der Waals surface area contributed by atoms with Crippen LogP contribution in [0.25, 0.3) is 0 Å². The zero-order chi connectivity index (χ0) is 17.1. The molecular formula is C18H22N4S2. The van der Waals surface area contributed by atoms with Gasteiger partial charge in [-0.2, -0.15) is 5.10 Å². The average Bonchev–Trinajstić information content (AvgIpc) is 3.20. The number of hydrogen-bond acceptors (Lipinski definition) is 4. The van der Waals surface area contributed by atoms with Crippen molar-refractivity contribution in [2.75, 3.05) is 7.05 Å². The largest absolute Gasteiger partial charge is 0.300 e. The van der Waals surface area contributed by atoms with E-state index in [9.17, 15) is 0 Å². The van der Waals surface area contributed by atoms with Crippen LogP contribution < -0.4 is 0 Å². The highest BCUT2D eigenvalue weighted by Crippen LogP contribution is 2.23. The Morgan fingerprint density at radius 1 is 1.21 bits per heavy atom. The Hall–Kier alpha value is -1.76. The summed E-state index contributed by atoms with van der Waals surface area (Å²) in [7, 11) is 2.11. The smallest absolute Gasteiger partial charge is 0.199 e. The van der Waals surface area contributed by atoms with Gasteiger partial charge in [-0.1, -0.05) is 36.4 Å². The molecule has 0 saturated heterocycles. The molecule has 3 rings (SSSR count). The Morgan fingerprint density at radius 2 is 1.96 bits per heavy atom. The first kappa shape index (κ1) is 17.1. The second-order valence-corrected chi connectivity index (χ2v) is 7.34. The second kappa shape index (κ2) is 7.42. The molecule has 0 saturated carbocycles. The van der Waals surface area contributed by atoms with E-state index in [1.165, 1.54) is 10.4 Å². The van der Waals surface area contributed by atoms with Crippen molar-refractivity contribution in [1.29, 1.82) is 0 Å². The van der Waals surface area contributed by atoms with Gasteiger partial charge >= 0.3 is 0 Å². The van der Waals surface area contributed by atoms with E-state index in [0.717, 1.165) is 17.1 Å². The number of rotatable bonds is 6. The van der Waals surface area contributed by atoms with E-state index >= 15 is 0 Å². The van der Waals surface area contributed by atoms with Gasteiger partial charge in [0.15, 0.2) is 4.77 Å². The Kier molecular flexibility index (Phi) is 5.28. The van der Waals surface area contributed by atoms with Gasteiger partial charge in [0, 0.05) is 10.9 Å². The molecule has 0 aliphatic carbocycles. The Morgan fingerprint density at radius 3 is 2.62 bits per heavy atom. The molecule has 0 bridgehead atoms. The number of nitrogens with zero attached hydrogens (tertiary/aromatic N) is 4. The summed E-state index contributed by atoms with van der Waals surface area (Å²) < 4.78 is 4.77. The number of thiophene rings is 1. The van der Waals surface area contributed by atoms with Gasteiger partial charge < -0.3 is 0 Å². The number of aryl methyl sites for hydroxylation is 1. The lowest BCUT2D eigenvalue weighted by atomic mass is 10.2. The zero-order valence-corrected chi connectivity index (χ0v) is 15.8. The molecule has 4 nitrogen and oxygen atoms in total. The third kappa shape index (κ3) is 3.66. The van der Waals surface area contributed by atoms with Gasteiger partial charge in [-0.3, -0.25) is 9.47 Å². The quantitative estimate of drug-likeness (QED) is 0.608. The summed E-state index contributed by atoms with van der Waals surface area (Å²) in [6.45, 7) is 5.66. The van der Waals surface area contributed by atoms with Crippen LogP contribution in [-0.2, 0) is 13.2 Å². The molecule has 2 aromatic heterocycles. The van der Waals surface area contributed by atoms with Crippen LogP contribution in [0.5, 0.6) is 0 Å². The molecule has 1 aromatic carbocycles. The zero-order valence-electron chi connectivity index (χ0n) is 14.2. The number of benzene rings is 1. The Balaban J connectivity index is 1.78. The SMILES string of the molecule is Cc1nn(CN(C)C(C)c2cccs2)c(=S)n1Cc1ccccc1. The van der Waals surface area contributed by atoms with Crippen molar-refractivity contribution in [2.45, 2.75) is 33.1 Å². The second-order valence-electron chi connectivity index (χ2n) is 5.99. The molecule has 0 aliphatic heterocycles. The van der Waals surface area contributed by atoms with Crippen molar-refractivity contribution in [3.05, 3.63) is 68.9 Å². The fourth-order valence-electron chi connectivity index (χ4n) is 2.67. The summed E-state index contributed by atoms with van der Waals surface area (Å²) in [4.78, 5) is 3.62. The van der Waals surface area contributed by atoms with Crippen molar-refractivity contribution < 1.29 is 0 Å². The van der Waals surface area contributed by atoms with E-state index in [1.807, 2.05) is 17.7 Å². The molecule has 1 unspecified atom stereocenters. The van der Waals surface area contributed by atoms with Gasteiger partial charge in [-0.05, 0) is 50.1 Å². The molecule has 0 radical (unpaired) electrons. The van der Waals surface area contributed by atoms with E-state index in [1.54, 1.807) is 11.3 Å². The highest BCUT2D eigenvalue weighted by atomic mass is 32.1. The minimum atomic E-state index is 0.339. The van der Waals surface area contributed by atoms with Gasteiger partial charge in [0.2, 0.25) is 0 Å². The standard InChI is InChI=1S/C18H22N4S2/c1-14(17-10-7-11-24-17)20(3)13-22-18(23)21(15(2)19-22)12-16-8-5-4-6-9-16/h4-11,14H,12-13H2,1-3H3. The first-order valence-electron chi connectivity index (χ1n) is 7.98. The highest BCUT2D eigenvalue weighted by Gasteiger charge is 2.15. The Bertz CT molecular complexity index is 834. The molecule has 1 atom stereocenters. The van der Waals surface area contributed by atoms with Crippen molar-refractivity contribution in [1.82, 2.24) is 19.2 Å². The topological polar surface area (TPSA) is 26.0 Å². The van der Waals surface area contributed by atoms with Crippen molar-refractivity contribution in [3.63, 3.8) is 0 Å². The lowest BCUT2D eigenvalue weighted by Crippen LogP contribution is -2.25. The van der Waals surface area contributed by atoms with E-state index in [-0.39, 0.29) is 0 Å². The average molecular weight is 359 g/mol. The summed E-state index contributed by atoms with van der Waals surface area (Å²) in [5.41, 5.74) is 1.23. The number of aromatic nitrogens is 3. The van der Waals surface area contributed by atoms with Crippen LogP contribution in [0.4, 0.5) is 0 Å². The molecule has 2 heterocycles. The van der Waals surface area contributed by atoms with Crippen molar-refractivity contribution >= 4 is 23.6 Å². The molecule has 6 heteroatoms. The van der Waals surface area contributed by atoms with Gasteiger partial charge in [-0.15, -0.1) is 11.3 Å². The Labute approximate surface area is 152 Å². The molecule has 0 spiro atoms. The van der Waals surface area contributed by atoms with Crippen LogP contribution in [0.3, 0.4) is 0 Å². The summed E-state index contributed by atoms with van der Waals surface area (Å²) in [6.07, 6.45) is 0. The molecule has 0 aliphatic rings. The minimum Gasteiger partial charge on any atom is -0.300 e. The lowest BCUT2D eigenvalue weighted by molar-refractivity contribution is 0.196. The summed E-state index contributed by atoms with van der Waals surface area (Å²) in [5.74, 6) is 0.945. The molecule has 3 aromatic rings. The van der Waals surface area contributed by atoms with Crippen molar-refractivity contribution in [2.24, 2.45) is 0 Å². The maximum Gasteiger partial charge on any atom is 0.199 e. The van der Waals surface area contributed by atoms with Crippen LogP contribution in [0.15, 0.2) is 47.8 Å². The van der Waals surface area contributed by atoms with Crippen molar-refractivity contribution in [3.8, 4) is 0 Å². The minimum absolute atomic E-state index is 0.339. The summed E-state index contributed by atoms with van der Waals surface area (Å²) in [6, 6.07) is 15.0. The van der Waals surface area contributed by atoms with Crippen LogP contribution >= 0.6 is 23.6 Å². The predicted octanol–water partition coefficient (Wildman–Crippen LogP) is 4.48. The fraction of sp³-hybridized carbons (Fsp3) is 0.333. The third-order valence-corrected chi connectivity index (χ3v) is 5.74. The van der Waals surface area contributed by atoms with E-state index in [2.05, 4.69) is 70.3 Å². The maximum atomic E-state index is 5.66. The van der Waals surface area contributed by atoms with Gasteiger partial charge in [-0.25, -0.2) is 4.68 Å². The van der Waals surface area contributed by atoms with E-state index in [4.69, 9.17) is 12.2 Å². The van der Waals surface area contributed by atoms with Crippen LogP contribution in [-0.4, -0.2) is 26.3 Å². The van der Waals surface area contributed by atoms with E-state index in [0.29, 0.717) is 12.7 Å². The molecular weight excluding hydrogens is 336 g/mol. The molecule has 0 N–H and O–H groups in total. The third-order valence-electron chi connectivity index (χ3n) is 4.26. The summed E-state index contributed by atoms with van der Waals surface area (Å²) >= 11 is 7.44. The molecule has 0 amide bonds. The number of hydrogen-bond donors (Lipinski definition) is 0. The molecule has 24 heavy (non-hydrogen) atoms. The van der Waals surface area contributed by atoms with E-state index < -0.39 is 0 Å². The molecule has 126 valence electrons. The van der Waals surface area contributed by atoms with Crippen LogP contribution in [0.2, 0.25) is 0 Å². The first-order valence-corrected chi connectivity index (χ1v) is 9.27. The van der Waals surface area contributed by atoms with Gasteiger partial charge in [0.05, 0.1) is 13.2 Å². The first-order chi connectivity index (χ1) is 11.6. The monoisotopic (exact) mass is 358 g/mol. The van der Waals surface area contributed by atoms with Gasteiger partial charge in [0.1, 0.15) is 5.82 Å². The maximum absolute atomic E-state index is 5.66. The van der Waals surface area contributed by atoms with Crippen LogP contribution in [0.1, 0.15) is 29.2 Å². The van der Waals surface area contributed by atoms with Crippen LogP contribution in [0, 0.1) is 11.7 Å². The lowest BCUT2D eigenvalue weighted by Gasteiger charge is -2.23. The molecule has 0 fully saturated rings. The normalized spacial score (nSPS) is 12.7. The summed E-state index contributed by atoms with van der Waals surface area (Å²) in [5, 5.41) is 6.76.